The Labute approximate surface area is 138 Å². The molecule has 0 radical (unpaired) electrons. The molecule has 0 saturated carbocycles. The molecule has 0 saturated heterocycles. The summed E-state index contributed by atoms with van der Waals surface area (Å²) in [6, 6.07) is 4.04. The molecule has 1 rings (SSSR count). The largest absolute Gasteiger partial charge is 0.352 e. The number of nitro benzene ring substituents is 1. The summed E-state index contributed by atoms with van der Waals surface area (Å²) >= 11 is 11.1. The van der Waals surface area contributed by atoms with Crippen molar-refractivity contribution in [3.8, 4) is 0 Å². The number of benzene rings is 1. The normalized spacial score (nSPS) is 10.2. The van der Waals surface area contributed by atoms with E-state index in [4.69, 9.17) is 23.8 Å². The smallest absolute Gasteiger partial charge is 0.271 e. The fraction of sp³-hybridized carbons (Fsp3) is 0.385. The van der Waals surface area contributed by atoms with Gasteiger partial charge in [-0.05, 0) is 32.1 Å². The molecular formula is C13H17ClN4O3S. The minimum absolute atomic E-state index is 0.0358. The number of carbonyl (C=O) groups is 1. The molecule has 120 valence electrons. The lowest BCUT2D eigenvalue weighted by molar-refractivity contribution is -0.384. The van der Waals surface area contributed by atoms with E-state index in [0.29, 0.717) is 10.7 Å². The van der Waals surface area contributed by atoms with Crippen LogP contribution >= 0.6 is 23.8 Å². The van der Waals surface area contributed by atoms with Gasteiger partial charge >= 0.3 is 0 Å². The van der Waals surface area contributed by atoms with Crippen LogP contribution in [0.1, 0.15) is 13.8 Å². The summed E-state index contributed by atoms with van der Waals surface area (Å²) in [4.78, 5) is 23.4. The molecule has 9 heteroatoms. The molecule has 0 aliphatic carbocycles. The van der Waals surface area contributed by atoms with Crippen LogP contribution in [0.25, 0.3) is 0 Å². The zero-order valence-corrected chi connectivity index (χ0v) is 14.0. The van der Waals surface area contributed by atoms with E-state index >= 15 is 0 Å². The fourth-order valence-corrected chi connectivity index (χ4v) is 1.93. The number of likely N-dealkylation sites (N-methyl/N-ethyl adjacent to an activating group) is 1. The highest BCUT2D eigenvalue weighted by Gasteiger charge is 2.14. The zero-order chi connectivity index (χ0) is 16.9. The molecule has 0 atom stereocenters. The number of carbonyl (C=O) groups excluding carboxylic acids is 1. The standard InChI is InChI=1S/C13H17ClN4O3S/c1-8(2)15-12(19)7-17(3)13(22)16-11-6-9(18(20)21)4-5-10(11)14/h4-6,8H,7H2,1-3H3,(H,15,19)(H,16,22). The number of hydrogen-bond donors (Lipinski definition) is 2. The van der Waals surface area contributed by atoms with Crippen LogP contribution in [0.4, 0.5) is 11.4 Å². The van der Waals surface area contributed by atoms with Gasteiger partial charge in [0, 0.05) is 25.2 Å². The second-order valence-electron chi connectivity index (χ2n) is 4.93. The Hall–Kier alpha value is -1.93. The third-order valence-electron chi connectivity index (χ3n) is 2.58. The Kier molecular flexibility index (Phi) is 6.51. The van der Waals surface area contributed by atoms with Gasteiger partial charge in [-0.3, -0.25) is 14.9 Å². The topological polar surface area (TPSA) is 87.5 Å². The average molecular weight is 345 g/mol. The van der Waals surface area contributed by atoms with Crippen molar-refractivity contribution in [1.29, 1.82) is 0 Å². The number of nitrogens with zero attached hydrogens (tertiary/aromatic N) is 2. The van der Waals surface area contributed by atoms with Crippen molar-refractivity contribution >= 4 is 46.2 Å². The van der Waals surface area contributed by atoms with Crippen LogP contribution in [0.5, 0.6) is 0 Å². The highest BCUT2D eigenvalue weighted by Crippen LogP contribution is 2.26. The predicted octanol–water partition coefficient (Wildman–Crippen LogP) is 2.40. The first kappa shape index (κ1) is 18.1. The maximum atomic E-state index is 11.7. The minimum atomic E-state index is -0.523. The van der Waals surface area contributed by atoms with Crippen molar-refractivity contribution in [1.82, 2.24) is 10.2 Å². The summed E-state index contributed by atoms with van der Waals surface area (Å²) in [5, 5.41) is 16.9. The number of nitrogens with one attached hydrogen (secondary N) is 2. The van der Waals surface area contributed by atoms with Gasteiger partial charge in [0.05, 0.1) is 22.2 Å². The van der Waals surface area contributed by atoms with Gasteiger partial charge < -0.3 is 15.5 Å². The van der Waals surface area contributed by atoms with E-state index in [-0.39, 0.29) is 29.3 Å². The van der Waals surface area contributed by atoms with Crippen molar-refractivity contribution < 1.29 is 9.72 Å². The average Bonchev–Trinajstić information content (AvgIpc) is 2.39. The lowest BCUT2D eigenvalue weighted by Gasteiger charge is -2.21. The Bertz CT molecular complexity index is 595. The van der Waals surface area contributed by atoms with E-state index in [9.17, 15) is 14.9 Å². The fourth-order valence-electron chi connectivity index (χ4n) is 1.59. The Balaban J connectivity index is 2.73. The molecule has 0 aliphatic rings. The number of amides is 1. The Morgan fingerprint density at radius 3 is 2.68 bits per heavy atom. The highest BCUT2D eigenvalue weighted by atomic mass is 35.5. The lowest BCUT2D eigenvalue weighted by atomic mass is 10.3. The first-order valence-electron chi connectivity index (χ1n) is 6.46. The quantitative estimate of drug-likeness (QED) is 0.484. The SMILES string of the molecule is CC(C)NC(=O)CN(C)C(=S)Nc1cc([N+](=O)[O-])ccc1Cl. The summed E-state index contributed by atoms with van der Waals surface area (Å²) in [7, 11) is 1.64. The van der Waals surface area contributed by atoms with Crippen LogP contribution < -0.4 is 10.6 Å². The van der Waals surface area contributed by atoms with Crippen LogP contribution in [0, 0.1) is 10.1 Å². The molecule has 1 aromatic rings. The van der Waals surface area contributed by atoms with E-state index in [1.807, 2.05) is 13.8 Å². The highest BCUT2D eigenvalue weighted by molar-refractivity contribution is 7.80. The molecule has 0 unspecified atom stereocenters. The molecule has 2 N–H and O–H groups in total. The first-order valence-corrected chi connectivity index (χ1v) is 7.24. The van der Waals surface area contributed by atoms with Crippen LogP contribution in [0.15, 0.2) is 18.2 Å². The number of anilines is 1. The summed E-state index contributed by atoms with van der Waals surface area (Å²) in [6.45, 7) is 3.78. The molecule has 0 heterocycles. The number of non-ortho nitro benzene ring substituents is 1. The number of halogens is 1. The van der Waals surface area contributed by atoms with E-state index < -0.39 is 4.92 Å². The van der Waals surface area contributed by atoms with Crippen LogP contribution in [0.3, 0.4) is 0 Å². The number of rotatable bonds is 5. The molecule has 22 heavy (non-hydrogen) atoms. The van der Waals surface area contributed by atoms with Crippen molar-refractivity contribution in [3.63, 3.8) is 0 Å². The van der Waals surface area contributed by atoms with Gasteiger partial charge in [0.15, 0.2) is 5.11 Å². The molecule has 0 fully saturated rings. The van der Waals surface area contributed by atoms with Gasteiger partial charge in [-0.2, -0.15) is 0 Å². The predicted molar refractivity (Wildman–Crippen MR) is 90.2 cm³/mol. The van der Waals surface area contributed by atoms with Gasteiger partial charge in [-0.1, -0.05) is 11.6 Å². The maximum absolute atomic E-state index is 11.7. The molecule has 1 aromatic carbocycles. The summed E-state index contributed by atoms with van der Waals surface area (Å²) in [5.74, 6) is -0.174. The van der Waals surface area contributed by atoms with Gasteiger partial charge in [0.1, 0.15) is 0 Å². The monoisotopic (exact) mass is 344 g/mol. The van der Waals surface area contributed by atoms with E-state index in [1.54, 1.807) is 7.05 Å². The second-order valence-corrected chi connectivity index (χ2v) is 5.72. The first-order chi connectivity index (χ1) is 10.2. The van der Waals surface area contributed by atoms with Gasteiger partial charge in [0.2, 0.25) is 5.91 Å². The van der Waals surface area contributed by atoms with Crippen LogP contribution in [0.2, 0.25) is 5.02 Å². The zero-order valence-electron chi connectivity index (χ0n) is 12.4. The molecular weight excluding hydrogens is 328 g/mol. The van der Waals surface area contributed by atoms with E-state index in [0.717, 1.165) is 0 Å². The Morgan fingerprint density at radius 1 is 1.50 bits per heavy atom. The molecule has 0 aromatic heterocycles. The number of thiocarbonyl (C=S) groups is 1. The summed E-state index contributed by atoms with van der Waals surface area (Å²) in [6.07, 6.45) is 0. The van der Waals surface area contributed by atoms with Crippen molar-refractivity contribution in [3.05, 3.63) is 33.3 Å². The third-order valence-corrected chi connectivity index (χ3v) is 3.32. The molecule has 0 bridgehead atoms. The van der Waals surface area contributed by atoms with E-state index in [1.165, 1.54) is 23.1 Å². The Morgan fingerprint density at radius 2 is 2.14 bits per heavy atom. The summed E-state index contributed by atoms with van der Waals surface area (Å²) < 4.78 is 0. The number of nitro groups is 1. The van der Waals surface area contributed by atoms with Gasteiger partial charge in [0.25, 0.3) is 5.69 Å². The van der Waals surface area contributed by atoms with E-state index in [2.05, 4.69) is 10.6 Å². The molecule has 7 nitrogen and oxygen atoms in total. The van der Waals surface area contributed by atoms with Crippen molar-refractivity contribution in [2.75, 3.05) is 18.9 Å². The molecule has 0 spiro atoms. The number of hydrogen-bond acceptors (Lipinski definition) is 4. The summed E-state index contributed by atoms with van der Waals surface area (Å²) in [5.41, 5.74) is 0.215. The molecule has 1 amide bonds. The van der Waals surface area contributed by atoms with Crippen molar-refractivity contribution in [2.24, 2.45) is 0 Å². The van der Waals surface area contributed by atoms with Gasteiger partial charge in [-0.15, -0.1) is 0 Å². The van der Waals surface area contributed by atoms with Crippen LogP contribution in [-0.4, -0.2) is 40.5 Å². The maximum Gasteiger partial charge on any atom is 0.271 e. The minimum Gasteiger partial charge on any atom is -0.352 e. The molecule has 0 aliphatic heterocycles. The second kappa shape index (κ2) is 7.90. The van der Waals surface area contributed by atoms with Gasteiger partial charge in [-0.25, -0.2) is 0 Å². The van der Waals surface area contributed by atoms with Crippen LogP contribution in [-0.2, 0) is 4.79 Å². The lowest BCUT2D eigenvalue weighted by Crippen LogP contribution is -2.42. The third kappa shape index (κ3) is 5.45. The van der Waals surface area contributed by atoms with Crippen molar-refractivity contribution in [2.45, 2.75) is 19.9 Å².